The summed E-state index contributed by atoms with van der Waals surface area (Å²) in [6.45, 7) is 0.872. The molecule has 0 bridgehead atoms. The fraction of sp³-hybridized carbons (Fsp3) is 0.333. The quantitative estimate of drug-likeness (QED) is 0.841. The topological polar surface area (TPSA) is 74.2 Å². The number of benzene rings is 1. The predicted molar refractivity (Wildman–Crippen MR) is 62.2 cm³/mol. The first kappa shape index (κ1) is 11.8. The van der Waals surface area contributed by atoms with E-state index < -0.39 is 0 Å². The summed E-state index contributed by atoms with van der Waals surface area (Å²) in [4.78, 5) is 4.23. The third-order valence-electron chi connectivity index (χ3n) is 2.46. The van der Waals surface area contributed by atoms with Crippen LogP contribution in [0.2, 0.25) is 0 Å². The number of aromatic nitrogens is 2. The van der Waals surface area contributed by atoms with Crippen LogP contribution in [0, 0.1) is 0 Å². The Morgan fingerprint density at radius 3 is 2.76 bits per heavy atom. The van der Waals surface area contributed by atoms with Crippen LogP contribution in [0.4, 0.5) is 0 Å². The molecule has 1 aromatic heterocycles. The van der Waals surface area contributed by atoms with Gasteiger partial charge in [-0.05, 0) is 11.1 Å². The van der Waals surface area contributed by atoms with E-state index >= 15 is 0 Å². The minimum atomic E-state index is 0.363. The van der Waals surface area contributed by atoms with Crippen molar-refractivity contribution in [3.63, 3.8) is 0 Å². The van der Waals surface area contributed by atoms with Gasteiger partial charge in [0, 0.05) is 13.7 Å². The monoisotopic (exact) mass is 233 g/mol. The Morgan fingerprint density at radius 1 is 1.29 bits per heavy atom. The van der Waals surface area contributed by atoms with Gasteiger partial charge in [0.25, 0.3) is 0 Å². The first-order valence-electron chi connectivity index (χ1n) is 5.40. The van der Waals surface area contributed by atoms with Gasteiger partial charge in [0.05, 0.1) is 6.42 Å². The molecule has 90 valence electrons. The molecular formula is C12H15N3O2. The van der Waals surface area contributed by atoms with Crippen LogP contribution in [0.15, 0.2) is 28.8 Å². The normalized spacial score (nSPS) is 10.7. The highest BCUT2D eigenvalue weighted by molar-refractivity contribution is 5.28. The van der Waals surface area contributed by atoms with Gasteiger partial charge in [-0.1, -0.05) is 29.4 Å². The van der Waals surface area contributed by atoms with E-state index in [1.165, 1.54) is 0 Å². The molecule has 0 amide bonds. The number of nitrogens with two attached hydrogens (primary N) is 1. The number of methoxy groups -OCH3 is 1. The zero-order chi connectivity index (χ0) is 12.1. The summed E-state index contributed by atoms with van der Waals surface area (Å²) in [5.74, 6) is 1.14. The maximum Gasteiger partial charge on any atom is 0.231 e. The van der Waals surface area contributed by atoms with Crippen LogP contribution in [0.3, 0.4) is 0 Å². The number of ether oxygens (including phenoxy) is 1. The number of nitrogens with zero attached hydrogens (tertiary/aromatic N) is 2. The summed E-state index contributed by atoms with van der Waals surface area (Å²) in [5.41, 5.74) is 7.88. The molecule has 5 heteroatoms. The predicted octanol–water partition coefficient (Wildman–Crippen LogP) is 1.27. The van der Waals surface area contributed by atoms with E-state index in [1.54, 1.807) is 7.11 Å². The van der Waals surface area contributed by atoms with Gasteiger partial charge < -0.3 is 15.0 Å². The van der Waals surface area contributed by atoms with Crippen molar-refractivity contribution in [3.8, 4) is 0 Å². The summed E-state index contributed by atoms with van der Waals surface area (Å²) < 4.78 is 10.1. The van der Waals surface area contributed by atoms with E-state index in [0.29, 0.717) is 31.3 Å². The van der Waals surface area contributed by atoms with E-state index in [-0.39, 0.29) is 0 Å². The van der Waals surface area contributed by atoms with Crippen molar-refractivity contribution in [1.29, 1.82) is 0 Å². The molecule has 0 atom stereocenters. The fourth-order valence-electron chi connectivity index (χ4n) is 1.64. The van der Waals surface area contributed by atoms with Crippen molar-refractivity contribution in [2.75, 3.05) is 7.11 Å². The van der Waals surface area contributed by atoms with Crippen molar-refractivity contribution in [2.45, 2.75) is 19.6 Å². The van der Waals surface area contributed by atoms with Crippen molar-refractivity contribution >= 4 is 0 Å². The second-order valence-electron chi connectivity index (χ2n) is 3.69. The van der Waals surface area contributed by atoms with E-state index in [9.17, 15) is 0 Å². The van der Waals surface area contributed by atoms with Crippen LogP contribution < -0.4 is 5.73 Å². The smallest absolute Gasteiger partial charge is 0.231 e. The maximum atomic E-state index is 5.67. The van der Waals surface area contributed by atoms with Gasteiger partial charge in [0.15, 0.2) is 5.82 Å². The largest absolute Gasteiger partial charge is 0.377 e. The third-order valence-corrected chi connectivity index (χ3v) is 2.46. The van der Waals surface area contributed by atoms with Crippen LogP contribution in [0.1, 0.15) is 22.8 Å². The van der Waals surface area contributed by atoms with E-state index in [2.05, 4.69) is 10.1 Å². The fourth-order valence-corrected chi connectivity index (χ4v) is 1.64. The Balaban J connectivity index is 2.13. The molecule has 1 heterocycles. The molecule has 0 saturated carbocycles. The van der Waals surface area contributed by atoms with Gasteiger partial charge in [0.2, 0.25) is 5.89 Å². The van der Waals surface area contributed by atoms with Crippen molar-refractivity contribution < 1.29 is 9.26 Å². The second kappa shape index (κ2) is 5.56. The highest BCUT2D eigenvalue weighted by Crippen LogP contribution is 2.13. The molecule has 2 rings (SSSR count). The van der Waals surface area contributed by atoms with Crippen molar-refractivity contribution in [2.24, 2.45) is 5.73 Å². The van der Waals surface area contributed by atoms with Crippen LogP contribution in [-0.2, 0) is 24.3 Å². The molecule has 17 heavy (non-hydrogen) atoms. The molecule has 0 spiro atoms. The molecule has 1 aromatic carbocycles. The molecule has 0 saturated heterocycles. The Bertz CT molecular complexity index is 482. The van der Waals surface area contributed by atoms with Gasteiger partial charge in [-0.3, -0.25) is 0 Å². The minimum absolute atomic E-state index is 0.363. The van der Waals surface area contributed by atoms with Crippen LogP contribution in [0.5, 0.6) is 0 Å². The summed E-state index contributed by atoms with van der Waals surface area (Å²) in [5, 5.41) is 3.82. The number of rotatable bonds is 5. The Kier molecular flexibility index (Phi) is 3.85. The summed E-state index contributed by atoms with van der Waals surface area (Å²) in [6, 6.07) is 7.96. The Morgan fingerprint density at radius 2 is 2.06 bits per heavy atom. The Labute approximate surface area is 99.6 Å². The van der Waals surface area contributed by atoms with Crippen LogP contribution in [-0.4, -0.2) is 17.3 Å². The van der Waals surface area contributed by atoms with Gasteiger partial charge in [-0.25, -0.2) is 0 Å². The molecule has 0 aliphatic carbocycles. The highest BCUT2D eigenvalue weighted by Gasteiger charge is 2.08. The lowest BCUT2D eigenvalue weighted by molar-refractivity contribution is 0.174. The van der Waals surface area contributed by atoms with Crippen molar-refractivity contribution in [3.05, 3.63) is 47.1 Å². The molecule has 0 aliphatic rings. The molecule has 5 nitrogen and oxygen atoms in total. The van der Waals surface area contributed by atoms with Gasteiger partial charge in [0.1, 0.15) is 6.61 Å². The number of hydrogen-bond donors (Lipinski definition) is 1. The molecule has 2 N–H and O–H groups in total. The third kappa shape index (κ3) is 2.89. The molecule has 0 unspecified atom stereocenters. The van der Waals surface area contributed by atoms with Gasteiger partial charge in [-0.15, -0.1) is 0 Å². The summed E-state index contributed by atoms with van der Waals surface area (Å²) in [7, 11) is 1.60. The lowest BCUT2D eigenvalue weighted by Gasteiger charge is -2.03. The molecule has 0 fully saturated rings. The Hall–Kier alpha value is -1.72. The van der Waals surface area contributed by atoms with Gasteiger partial charge in [-0.2, -0.15) is 4.98 Å². The second-order valence-corrected chi connectivity index (χ2v) is 3.69. The standard InChI is InChI=1S/C12H15N3O2/c1-16-8-11-14-12(17-15-11)6-9-4-2-3-5-10(9)7-13/h2-5H,6-8,13H2,1H3. The lowest BCUT2D eigenvalue weighted by Crippen LogP contribution is -2.02. The molecule has 0 aliphatic heterocycles. The maximum absolute atomic E-state index is 5.67. The molecule has 0 radical (unpaired) electrons. The molecule has 2 aromatic rings. The number of hydrogen-bond acceptors (Lipinski definition) is 5. The SMILES string of the molecule is COCc1noc(Cc2ccccc2CN)n1. The van der Waals surface area contributed by atoms with Gasteiger partial charge >= 0.3 is 0 Å². The zero-order valence-corrected chi connectivity index (χ0v) is 9.72. The average Bonchev–Trinajstić information content (AvgIpc) is 2.78. The van der Waals surface area contributed by atoms with Crippen LogP contribution >= 0.6 is 0 Å². The molecular weight excluding hydrogens is 218 g/mol. The van der Waals surface area contributed by atoms with E-state index in [1.807, 2.05) is 24.3 Å². The highest BCUT2D eigenvalue weighted by atomic mass is 16.5. The average molecular weight is 233 g/mol. The van der Waals surface area contributed by atoms with Crippen molar-refractivity contribution in [1.82, 2.24) is 10.1 Å². The minimum Gasteiger partial charge on any atom is -0.377 e. The van der Waals surface area contributed by atoms with Crippen LogP contribution in [0.25, 0.3) is 0 Å². The lowest BCUT2D eigenvalue weighted by atomic mass is 10.0. The first-order valence-corrected chi connectivity index (χ1v) is 5.40. The van der Waals surface area contributed by atoms with E-state index in [0.717, 1.165) is 11.1 Å². The first-order chi connectivity index (χ1) is 8.33. The summed E-state index contributed by atoms with van der Waals surface area (Å²) in [6.07, 6.45) is 0.601. The van der Waals surface area contributed by atoms with E-state index in [4.69, 9.17) is 15.0 Å². The zero-order valence-electron chi connectivity index (χ0n) is 9.72. The summed E-state index contributed by atoms with van der Waals surface area (Å²) >= 11 is 0.